The van der Waals surface area contributed by atoms with Gasteiger partial charge in [0.25, 0.3) is 0 Å². The first-order valence-corrected chi connectivity index (χ1v) is 7.64. The number of rotatable bonds is 4. The molecule has 0 bridgehead atoms. The van der Waals surface area contributed by atoms with E-state index in [0.29, 0.717) is 11.8 Å². The SMILES string of the molecule is CCC(NC1CCC(C)C1)c1cc(Br)ccc1O. The molecule has 18 heavy (non-hydrogen) atoms. The van der Waals surface area contributed by atoms with Crippen LogP contribution < -0.4 is 5.32 Å². The summed E-state index contributed by atoms with van der Waals surface area (Å²) in [6.07, 6.45) is 4.82. The molecule has 0 heterocycles. The Morgan fingerprint density at radius 3 is 2.83 bits per heavy atom. The Labute approximate surface area is 118 Å². The normalized spacial score (nSPS) is 25.3. The van der Waals surface area contributed by atoms with Crippen LogP contribution in [0.25, 0.3) is 0 Å². The zero-order chi connectivity index (χ0) is 13.1. The molecule has 100 valence electrons. The van der Waals surface area contributed by atoms with Crippen molar-refractivity contribution < 1.29 is 5.11 Å². The average Bonchev–Trinajstić information content (AvgIpc) is 2.75. The molecule has 1 aliphatic rings. The Morgan fingerprint density at radius 2 is 2.22 bits per heavy atom. The Kier molecular flexibility index (Phi) is 4.68. The molecule has 0 spiro atoms. The quantitative estimate of drug-likeness (QED) is 0.864. The first-order chi connectivity index (χ1) is 8.60. The summed E-state index contributed by atoms with van der Waals surface area (Å²) in [4.78, 5) is 0. The molecule has 0 saturated heterocycles. The van der Waals surface area contributed by atoms with E-state index in [1.54, 1.807) is 6.07 Å². The number of nitrogens with one attached hydrogen (secondary N) is 1. The number of phenolic OH excluding ortho intramolecular Hbond substituents is 1. The van der Waals surface area contributed by atoms with E-state index in [1.807, 2.05) is 12.1 Å². The summed E-state index contributed by atoms with van der Waals surface area (Å²) < 4.78 is 1.02. The maximum absolute atomic E-state index is 10.0. The molecule has 3 atom stereocenters. The topological polar surface area (TPSA) is 32.3 Å². The largest absolute Gasteiger partial charge is 0.508 e. The van der Waals surface area contributed by atoms with Crippen molar-refractivity contribution in [2.75, 3.05) is 0 Å². The molecule has 1 aromatic rings. The first-order valence-electron chi connectivity index (χ1n) is 6.84. The minimum absolute atomic E-state index is 0.248. The fourth-order valence-electron chi connectivity index (χ4n) is 2.88. The van der Waals surface area contributed by atoms with Crippen LogP contribution in [0.1, 0.15) is 51.1 Å². The number of hydrogen-bond acceptors (Lipinski definition) is 2. The van der Waals surface area contributed by atoms with Gasteiger partial charge in [-0.2, -0.15) is 0 Å². The summed E-state index contributed by atoms with van der Waals surface area (Å²) in [5.41, 5.74) is 1.01. The molecule has 3 unspecified atom stereocenters. The van der Waals surface area contributed by atoms with Crippen molar-refractivity contribution >= 4 is 15.9 Å². The van der Waals surface area contributed by atoms with Gasteiger partial charge in [-0.05, 0) is 49.8 Å². The van der Waals surface area contributed by atoms with Gasteiger partial charge in [-0.1, -0.05) is 29.8 Å². The highest BCUT2D eigenvalue weighted by molar-refractivity contribution is 9.10. The highest BCUT2D eigenvalue weighted by Crippen LogP contribution is 2.32. The van der Waals surface area contributed by atoms with Crippen molar-refractivity contribution in [3.05, 3.63) is 28.2 Å². The van der Waals surface area contributed by atoms with Crippen LogP contribution in [0.2, 0.25) is 0 Å². The van der Waals surface area contributed by atoms with Crippen molar-refractivity contribution in [3.8, 4) is 5.75 Å². The van der Waals surface area contributed by atoms with Crippen LogP contribution in [-0.2, 0) is 0 Å². The van der Waals surface area contributed by atoms with Crippen LogP contribution in [0, 0.1) is 5.92 Å². The summed E-state index contributed by atoms with van der Waals surface area (Å²) in [5.74, 6) is 1.22. The summed E-state index contributed by atoms with van der Waals surface area (Å²) in [7, 11) is 0. The smallest absolute Gasteiger partial charge is 0.120 e. The van der Waals surface area contributed by atoms with Gasteiger partial charge < -0.3 is 10.4 Å². The van der Waals surface area contributed by atoms with Gasteiger partial charge in [0, 0.05) is 22.1 Å². The van der Waals surface area contributed by atoms with Crippen molar-refractivity contribution in [2.45, 2.75) is 51.6 Å². The van der Waals surface area contributed by atoms with E-state index in [4.69, 9.17) is 0 Å². The van der Waals surface area contributed by atoms with Crippen molar-refractivity contribution in [2.24, 2.45) is 5.92 Å². The molecule has 1 aromatic carbocycles. The molecule has 1 fully saturated rings. The third kappa shape index (κ3) is 3.27. The predicted octanol–water partition coefficient (Wildman–Crippen LogP) is 4.38. The molecule has 1 saturated carbocycles. The number of phenols is 1. The maximum Gasteiger partial charge on any atom is 0.120 e. The van der Waals surface area contributed by atoms with Crippen LogP contribution in [0.4, 0.5) is 0 Å². The summed E-state index contributed by atoms with van der Waals surface area (Å²) in [6, 6.07) is 6.51. The molecule has 2 nitrogen and oxygen atoms in total. The standard InChI is InChI=1S/C15H22BrNO/c1-3-14(17-12-6-4-10(2)8-12)13-9-11(16)5-7-15(13)18/h5,7,9-10,12,14,17-18H,3-4,6,8H2,1-2H3. The van der Waals surface area contributed by atoms with E-state index in [2.05, 4.69) is 35.1 Å². The molecular formula is C15H22BrNO. The molecule has 3 heteroatoms. The van der Waals surface area contributed by atoms with Crippen LogP contribution in [0.15, 0.2) is 22.7 Å². The predicted molar refractivity (Wildman–Crippen MR) is 78.8 cm³/mol. The van der Waals surface area contributed by atoms with E-state index >= 15 is 0 Å². The molecule has 2 rings (SSSR count). The van der Waals surface area contributed by atoms with Gasteiger partial charge in [-0.25, -0.2) is 0 Å². The minimum Gasteiger partial charge on any atom is -0.508 e. The molecule has 0 aromatic heterocycles. The highest BCUT2D eigenvalue weighted by Gasteiger charge is 2.24. The van der Waals surface area contributed by atoms with E-state index in [1.165, 1.54) is 19.3 Å². The van der Waals surface area contributed by atoms with Crippen molar-refractivity contribution in [3.63, 3.8) is 0 Å². The van der Waals surface area contributed by atoms with Gasteiger partial charge in [-0.3, -0.25) is 0 Å². The van der Waals surface area contributed by atoms with Crippen LogP contribution in [-0.4, -0.2) is 11.1 Å². The fraction of sp³-hybridized carbons (Fsp3) is 0.600. The molecular weight excluding hydrogens is 290 g/mol. The van der Waals surface area contributed by atoms with E-state index < -0.39 is 0 Å². The molecule has 2 N–H and O–H groups in total. The summed E-state index contributed by atoms with van der Waals surface area (Å²) in [5, 5.41) is 13.7. The third-order valence-corrected chi connectivity index (χ3v) is 4.40. The van der Waals surface area contributed by atoms with Gasteiger partial charge in [0.15, 0.2) is 0 Å². The second kappa shape index (κ2) is 6.07. The molecule has 0 radical (unpaired) electrons. The lowest BCUT2D eigenvalue weighted by Gasteiger charge is -2.23. The van der Waals surface area contributed by atoms with Gasteiger partial charge in [-0.15, -0.1) is 0 Å². The summed E-state index contributed by atoms with van der Waals surface area (Å²) >= 11 is 3.48. The number of halogens is 1. The highest BCUT2D eigenvalue weighted by atomic mass is 79.9. The Morgan fingerprint density at radius 1 is 1.44 bits per heavy atom. The first kappa shape index (κ1) is 13.9. The number of benzene rings is 1. The number of hydrogen-bond donors (Lipinski definition) is 2. The van der Waals surface area contributed by atoms with E-state index in [9.17, 15) is 5.11 Å². The second-order valence-electron chi connectivity index (χ2n) is 5.45. The maximum atomic E-state index is 10.0. The minimum atomic E-state index is 0.248. The monoisotopic (exact) mass is 311 g/mol. The lowest BCUT2D eigenvalue weighted by atomic mass is 10.0. The van der Waals surface area contributed by atoms with Crippen LogP contribution >= 0.6 is 15.9 Å². The number of aromatic hydroxyl groups is 1. The van der Waals surface area contributed by atoms with Crippen molar-refractivity contribution in [1.29, 1.82) is 0 Å². The Bertz CT molecular complexity index is 407. The van der Waals surface area contributed by atoms with Gasteiger partial charge in [0.1, 0.15) is 5.75 Å². The summed E-state index contributed by atoms with van der Waals surface area (Å²) in [6.45, 7) is 4.48. The lowest BCUT2D eigenvalue weighted by Crippen LogP contribution is -2.30. The van der Waals surface area contributed by atoms with Crippen LogP contribution in [0.3, 0.4) is 0 Å². The Balaban J connectivity index is 2.10. The fourth-order valence-corrected chi connectivity index (χ4v) is 3.25. The van der Waals surface area contributed by atoms with Crippen molar-refractivity contribution in [1.82, 2.24) is 5.32 Å². The molecule has 0 amide bonds. The Hall–Kier alpha value is -0.540. The lowest BCUT2D eigenvalue weighted by molar-refractivity contribution is 0.400. The van der Waals surface area contributed by atoms with E-state index in [0.717, 1.165) is 22.4 Å². The second-order valence-corrected chi connectivity index (χ2v) is 6.36. The third-order valence-electron chi connectivity index (χ3n) is 3.90. The molecule has 0 aliphatic heterocycles. The van der Waals surface area contributed by atoms with Gasteiger partial charge >= 0.3 is 0 Å². The van der Waals surface area contributed by atoms with Crippen LogP contribution in [0.5, 0.6) is 5.75 Å². The zero-order valence-corrected chi connectivity index (χ0v) is 12.7. The average molecular weight is 312 g/mol. The zero-order valence-electron chi connectivity index (χ0n) is 11.1. The van der Waals surface area contributed by atoms with Gasteiger partial charge in [0.2, 0.25) is 0 Å². The van der Waals surface area contributed by atoms with Gasteiger partial charge in [0.05, 0.1) is 0 Å². The van der Waals surface area contributed by atoms with E-state index in [-0.39, 0.29) is 6.04 Å². The molecule has 1 aliphatic carbocycles.